The molecule has 0 aliphatic carbocycles. The number of amides is 3. The van der Waals surface area contributed by atoms with Gasteiger partial charge >= 0.3 is 23.9 Å². The lowest BCUT2D eigenvalue weighted by Gasteiger charge is -2.41. The van der Waals surface area contributed by atoms with Gasteiger partial charge in [0.2, 0.25) is 0 Å². The Morgan fingerprint density at radius 2 is 0.725 bits per heavy atom. The minimum Gasteiger partial charge on any atom is -0.494 e. The molecule has 3 aliphatic rings. The smallest absolute Gasteiger partial charge is 0.303 e. The Morgan fingerprint density at radius 1 is 0.344 bits per heavy atom. The van der Waals surface area contributed by atoms with E-state index in [0.717, 1.165) is 193 Å². The van der Waals surface area contributed by atoms with E-state index < -0.39 is 23.9 Å². The number of aromatic nitrogens is 2. The number of nitrogens with zero attached hydrogens (tertiary/aromatic N) is 5. The van der Waals surface area contributed by atoms with Crippen molar-refractivity contribution in [3.63, 3.8) is 0 Å². The summed E-state index contributed by atoms with van der Waals surface area (Å²) in [6, 6.07) is 78.1. The molecule has 4 N–H and O–H groups in total. The zero-order chi connectivity index (χ0) is 91.5. The van der Waals surface area contributed by atoms with Crippen LogP contribution in [0.5, 0.6) is 23.0 Å². The second-order valence-corrected chi connectivity index (χ2v) is 32.6. The van der Waals surface area contributed by atoms with Gasteiger partial charge in [-0.25, -0.2) is 4.98 Å². The van der Waals surface area contributed by atoms with Crippen LogP contribution in [0.3, 0.4) is 0 Å². The molecule has 3 unspecified atom stereocenters. The second-order valence-electron chi connectivity index (χ2n) is 32.6. The molecule has 3 saturated heterocycles. The summed E-state index contributed by atoms with van der Waals surface area (Å²) >= 11 is 0. The van der Waals surface area contributed by atoms with Crippen molar-refractivity contribution >= 4 is 41.6 Å². The number of carbonyl (C=O) groups is 7. The minimum atomic E-state index is -0.775. The maximum Gasteiger partial charge on any atom is 0.303 e. The molecule has 5 aromatic heterocycles. The SMILES string of the molecule is Cn1c(-c2ccc(-c3ccco3)cc2)cnc1-c1ccccc1OCCCCCC(=O)O.O=C(O)CCCCCOc1cccc(C2CCN2C(=O)c2ccc(-c3ccco3)cc2)c1.O=C(O)CCCCCOc1ccccc1C(=O)N1CCCC1c1ccc(-c2ccco2)cc1.O=C(O)CCCCCOc1ccccc1C(=O)N1CCCCC1c1ccc(-c2ccco2)cc1. The first kappa shape index (κ1) is 94.2. The van der Waals surface area contributed by atoms with Crippen molar-refractivity contribution in [2.45, 2.75) is 159 Å². The molecule has 0 saturated carbocycles. The van der Waals surface area contributed by atoms with E-state index in [1.54, 1.807) is 25.1 Å². The molecule has 13 aromatic rings. The van der Waals surface area contributed by atoms with Crippen LogP contribution < -0.4 is 18.9 Å². The number of para-hydroxylation sites is 3. The molecular formula is C107H113N5O19. The van der Waals surface area contributed by atoms with Crippen LogP contribution in [0.15, 0.2) is 292 Å². The zero-order valence-electron chi connectivity index (χ0n) is 73.9. The number of ether oxygens (including phenoxy) is 4. The maximum atomic E-state index is 13.6. The maximum absolute atomic E-state index is 13.6. The van der Waals surface area contributed by atoms with E-state index in [2.05, 4.69) is 45.9 Å². The van der Waals surface area contributed by atoms with Crippen molar-refractivity contribution in [2.75, 3.05) is 46.1 Å². The van der Waals surface area contributed by atoms with Crippen molar-refractivity contribution < 1.29 is 90.6 Å². The lowest BCUT2D eigenvalue weighted by atomic mass is 9.93. The van der Waals surface area contributed by atoms with Crippen LogP contribution in [0.1, 0.15) is 207 Å². The van der Waals surface area contributed by atoms with Crippen LogP contribution >= 0.6 is 0 Å². The monoisotopic (exact) mass is 1770 g/mol. The van der Waals surface area contributed by atoms with E-state index in [-0.39, 0.29) is 61.5 Å². The van der Waals surface area contributed by atoms with E-state index in [1.807, 2.05) is 234 Å². The van der Waals surface area contributed by atoms with Gasteiger partial charge < -0.3 is 76.3 Å². The topological polar surface area (TPSA) is 317 Å². The Labute approximate surface area is 763 Å². The molecule has 131 heavy (non-hydrogen) atoms. The number of rotatable bonds is 40. The predicted molar refractivity (Wildman–Crippen MR) is 499 cm³/mol. The Morgan fingerprint density at radius 3 is 1.16 bits per heavy atom. The van der Waals surface area contributed by atoms with Gasteiger partial charge in [0, 0.05) is 80.2 Å². The summed E-state index contributed by atoms with van der Waals surface area (Å²) in [5.74, 6) is 3.77. The largest absolute Gasteiger partial charge is 0.494 e. The summed E-state index contributed by atoms with van der Waals surface area (Å²) in [7, 11) is 2.00. The number of aliphatic carboxylic acids is 4. The number of carbonyl (C=O) groups excluding carboxylic acids is 3. The summed E-state index contributed by atoms with van der Waals surface area (Å²) in [5.41, 5.74) is 12.1. The molecule has 3 atom stereocenters. The van der Waals surface area contributed by atoms with Gasteiger partial charge in [-0.05, 0) is 247 Å². The van der Waals surface area contributed by atoms with Crippen LogP contribution in [0.2, 0.25) is 0 Å². The fraction of sp³-hybridized carbons (Fsp3) is 0.308. The van der Waals surface area contributed by atoms with Gasteiger partial charge in [-0.2, -0.15) is 0 Å². The lowest BCUT2D eigenvalue weighted by Crippen LogP contribution is -2.45. The summed E-state index contributed by atoms with van der Waals surface area (Å²) in [4.78, 5) is 93.1. The predicted octanol–water partition coefficient (Wildman–Crippen LogP) is 23.9. The van der Waals surface area contributed by atoms with Gasteiger partial charge in [0.1, 0.15) is 51.9 Å². The van der Waals surface area contributed by atoms with Gasteiger partial charge in [-0.15, -0.1) is 0 Å². The first-order valence-electron chi connectivity index (χ1n) is 45.3. The van der Waals surface area contributed by atoms with Crippen LogP contribution in [-0.2, 0) is 26.2 Å². The molecule has 0 bridgehead atoms. The Bertz CT molecular complexity index is 5750. The van der Waals surface area contributed by atoms with Crippen molar-refractivity contribution in [3.05, 3.63) is 307 Å². The molecular weight excluding hydrogens is 1660 g/mol. The number of unbranched alkanes of at least 4 members (excludes halogenated alkanes) is 8. The summed E-state index contributed by atoms with van der Waals surface area (Å²) < 4.78 is 47.6. The fourth-order valence-electron chi connectivity index (χ4n) is 16.4. The Kier molecular flexibility index (Phi) is 35.0. The molecule has 3 amide bonds. The zero-order valence-corrected chi connectivity index (χ0v) is 73.9. The van der Waals surface area contributed by atoms with E-state index >= 15 is 0 Å². The standard InChI is InChI=1S/C28H31NO5.C27H29NO5.C26H26N2O4.C26H27NO5/c30-27(31)13-2-1-7-19-34-26-11-4-3-9-23(26)28(32)29-18-6-5-10-24(29)21-14-16-22(17-15-21)25-12-8-20-33-25;29-26(30)12-2-1-5-18-33-25-10-4-3-8-22(25)27(31)28-17-6-9-23(28)20-13-15-21(16-14-20)24-11-7-19-32-24;1-28-22(19-12-14-20(15-13-19)23-10-7-17-31-23)18-27-26(28)21-8-4-5-9-24(21)32-16-6-2-3-11-25(29)30;28-25(29)9-2-1-3-16-31-22-7-4-6-21(18-22)23-14-15-27(23)26(30)20-12-10-19(11-13-20)24-8-5-17-32-24/h3-4,8-9,11-12,14-17,20,24H,1-2,5-7,10,13,18-19H2,(H,30,31);3-4,7-8,10-11,13-16,19,23H,1-2,5-6,9,12,17-18H2,(H,29,30);4-5,7-10,12-15,17-18H,2-3,6,11,16H2,1H3,(H,29,30);4-8,10-13,17-18,23H,1-3,9,14-16H2,(H,28,29). The van der Waals surface area contributed by atoms with Crippen molar-refractivity contribution in [1.82, 2.24) is 24.3 Å². The van der Waals surface area contributed by atoms with Crippen LogP contribution in [0, 0.1) is 0 Å². The van der Waals surface area contributed by atoms with Crippen LogP contribution in [0.4, 0.5) is 0 Å². The molecule has 24 nitrogen and oxygen atoms in total. The highest BCUT2D eigenvalue weighted by atomic mass is 16.5. The number of carboxylic acid groups (broad SMARTS) is 4. The normalized spacial score (nSPS) is 14.4. The average Bonchev–Trinajstić information content (AvgIpc) is 1.14. The first-order chi connectivity index (χ1) is 64.0. The number of likely N-dealkylation sites (tertiary alicyclic amines) is 3. The molecule has 24 heteroatoms. The van der Waals surface area contributed by atoms with Crippen LogP contribution in [0.25, 0.3) is 67.9 Å². The van der Waals surface area contributed by atoms with E-state index in [1.165, 1.54) is 0 Å². The van der Waals surface area contributed by atoms with Gasteiger partial charge in [-0.1, -0.05) is 133 Å². The van der Waals surface area contributed by atoms with E-state index in [0.29, 0.717) is 93.4 Å². The highest BCUT2D eigenvalue weighted by Gasteiger charge is 2.36. The van der Waals surface area contributed by atoms with Gasteiger partial charge in [0.05, 0.1) is 98.2 Å². The van der Waals surface area contributed by atoms with E-state index in [4.69, 9.17) is 57.0 Å². The fourth-order valence-corrected chi connectivity index (χ4v) is 16.4. The number of carboxylic acids is 4. The van der Waals surface area contributed by atoms with Crippen molar-refractivity contribution in [2.24, 2.45) is 7.05 Å². The molecule has 3 aliphatic heterocycles. The third-order valence-electron chi connectivity index (χ3n) is 23.5. The molecule has 680 valence electrons. The molecule has 16 rings (SSSR count). The lowest BCUT2D eigenvalue weighted by molar-refractivity contribution is -0.138. The quantitative estimate of drug-likeness (QED) is 0.0259. The molecule has 0 spiro atoms. The van der Waals surface area contributed by atoms with Gasteiger partial charge in [-0.3, -0.25) is 33.6 Å². The third kappa shape index (κ3) is 26.9. The molecule has 8 heterocycles. The number of benzene rings is 8. The highest BCUT2D eigenvalue weighted by molar-refractivity contribution is 5.98. The minimum absolute atomic E-state index is 0.0127. The van der Waals surface area contributed by atoms with E-state index in [9.17, 15) is 33.6 Å². The average molecular weight is 1770 g/mol. The number of furan rings is 4. The summed E-state index contributed by atoms with van der Waals surface area (Å²) in [5, 5.41) is 34.9. The third-order valence-corrected chi connectivity index (χ3v) is 23.5. The van der Waals surface area contributed by atoms with Gasteiger partial charge in [0.15, 0.2) is 0 Å². The summed E-state index contributed by atoms with van der Waals surface area (Å²) in [6.07, 6.45) is 24.0. The summed E-state index contributed by atoms with van der Waals surface area (Å²) in [6.45, 7) is 4.18. The number of hydrogen-bond donors (Lipinski definition) is 4. The second kappa shape index (κ2) is 48.7. The molecule has 3 fully saturated rings. The van der Waals surface area contributed by atoms with Crippen LogP contribution in [-0.4, -0.2) is 132 Å². The number of imidazole rings is 1. The highest BCUT2D eigenvalue weighted by Crippen LogP contribution is 2.41. The van der Waals surface area contributed by atoms with Gasteiger partial charge in [0.25, 0.3) is 17.7 Å². The Balaban J connectivity index is 0.000000149. The molecule has 8 aromatic carbocycles. The number of piperidine rings is 1. The van der Waals surface area contributed by atoms with Crippen molar-refractivity contribution in [3.8, 4) is 90.9 Å². The van der Waals surface area contributed by atoms with Crippen molar-refractivity contribution in [1.29, 1.82) is 0 Å². The molecule has 0 radical (unpaired) electrons. The Hall–Kier alpha value is -14.4. The number of hydrogen-bond acceptors (Lipinski definition) is 16. The first-order valence-corrected chi connectivity index (χ1v) is 45.3.